The van der Waals surface area contributed by atoms with E-state index in [1.807, 2.05) is 54.6 Å². The van der Waals surface area contributed by atoms with Gasteiger partial charge in [0, 0.05) is 27.9 Å². The molecule has 236 valence electrons. The third-order valence-corrected chi connectivity index (χ3v) is 6.54. The van der Waals surface area contributed by atoms with Crippen LogP contribution in [0.4, 0.5) is 4.39 Å². The van der Waals surface area contributed by atoms with Gasteiger partial charge in [0.1, 0.15) is 0 Å². The van der Waals surface area contributed by atoms with Gasteiger partial charge >= 0.3 is 11.9 Å². The van der Waals surface area contributed by atoms with Crippen molar-refractivity contribution < 1.29 is 28.2 Å². The minimum atomic E-state index is -1.07. The van der Waals surface area contributed by atoms with Crippen molar-refractivity contribution in [2.45, 2.75) is 20.4 Å². The van der Waals surface area contributed by atoms with Crippen LogP contribution in [0.1, 0.15) is 40.3 Å². The van der Waals surface area contributed by atoms with Crippen molar-refractivity contribution in [3.63, 3.8) is 0 Å². The highest BCUT2D eigenvalue weighted by molar-refractivity contribution is 9.10. The Balaban J connectivity index is 0.000000255. The van der Waals surface area contributed by atoms with Crippen molar-refractivity contribution in [2.75, 3.05) is 13.2 Å². The van der Waals surface area contributed by atoms with E-state index in [1.165, 1.54) is 18.3 Å². The number of hydrogen-bond acceptors (Lipinski definition) is 9. The summed E-state index contributed by atoms with van der Waals surface area (Å²) in [5, 5.41) is 5.05. The number of carbonyl (C=O) groups excluding carboxylic acids is 3. The number of Topliss-reactive ketones (excluding diaryl/α,β-unsaturated/α-hetero) is 1. The number of fused-ring (bicyclic) bond motifs is 1. The van der Waals surface area contributed by atoms with Crippen LogP contribution in [0, 0.1) is 5.95 Å². The Morgan fingerprint density at radius 3 is 2.11 bits per heavy atom. The summed E-state index contributed by atoms with van der Waals surface area (Å²) in [7, 11) is 0. The molecule has 0 atom stereocenters. The molecule has 10 nitrogen and oxygen atoms in total. The van der Waals surface area contributed by atoms with Gasteiger partial charge in [-0.3, -0.25) is 4.79 Å². The van der Waals surface area contributed by atoms with E-state index in [0.29, 0.717) is 24.2 Å². The van der Waals surface area contributed by atoms with Crippen LogP contribution >= 0.6 is 44.3 Å². The number of ether oxygens (including phenoxy) is 2. The fourth-order valence-electron chi connectivity index (χ4n) is 3.62. The number of nitrogens with two attached hydrogens (primary N) is 1. The number of benzene rings is 2. The van der Waals surface area contributed by atoms with Crippen LogP contribution in [0.25, 0.3) is 16.7 Å². The van der Waals surface area contributed by atoms with Gasteiger partial charge < -0.3 is 15.2 Å². The molecule has 0 bridgehead atoms. The lowest BCUT2D eigenvalue weighted by atomic mass is 10.2. The molecule has 0 amide bonds. The number of rotatable bonds is 7. The summed E-state index contributed by atoms with van der Waals surface area (Å²) in [6, 6.07) is 21.8. The molecule has 3 heterocycles. The standard InChI is InChI=1S/C15H12BrN3O2.C9H8FNO3.C7H8BrN.ClH/c1-2-21-15(20)13-12-7-4-8-17-14(12)19(18-13)11-6-3-5-10(16)9-11;1-2-14-9(13)7(12)6-4-3-5-11-8(6)10;8-7-3-1-2-6(4-7)5-9;/h3-9H,2H2,1H3;3-5H,2H2,1H3;1-4H,5,9H2;1H. The van der Waals surface area contributed by atoms with Gasteiger partial charge in [0.05, 0.1) is 29.9 Å². The van der Waals surface area contributed by atoms with E-state index in [2.05, 4.69) is 51.7 Å². The van der Waals surface area contributed by atoms with Crippen LogP contribution in [-0.4, -0.2) is 50.7 Å². The van der Waals surface area contributed by atoms with Gasteiger partial charge in [0.2, 0.25) is 5.95 Å². The second kappa shape index (κ2) is 18.7. The Kier molecular flexibility index (Phi) is 15.4. The molecular weight excluding hydrogens is 737 g/mol. The molecule has 0 fully saturated rings. The molecule has 0 radical (unpaired) electrons. The number of ketones is 1. The summed E-state index contributed by atoms with van der Waals surface area (Å²) >= 11 is 6.78. The highest BCUT2D eigenvalue weighted by Crippen LogP contribution is 2.23. The number of halogens is 4. The maximum absolute atomic E-state index is 12.9. The van der Waals surface area contributed by atoms with E-state index in [9.17, 15) is 18.8 Å². The van der Waals surface area contributed by atoms with Crippen molar-refractivity contribution >= 4 is 73.0 Å². The van der Waals surface area contributed by atoms with E-state index in [-0.39, 0.29) is 30.3 Å². The zero-order valence-electron chi connectivity index (χ0n) is 24.2. The van der Waals surface area contributed by atoms with Crippen molar-refractivity contribution in [1.82, 2.24) is 19.7 Å². The molecule has 0 aliphatic carbocycles. The van der Waals surface area contributed by atoms with E-state index in [0.717, 1.165) is 20.2 Å². The van der Waals surface area contributed by atoms with Gasteiger partial charge in [-0.25, -0.2) is 24.2 Å². The average molecular weight is 766 g/mol. The second-order valence-corrected chi connectivity index (χ2v) is 10.4. The smallest absolute Gasteiger partial charge is 0.379 e. The van der Waals surface area contributed by atoms with Gasteiger partial charge in [-0.15, -0.1) is 12.4 Å². The minimum absolute atomic E-state index is 0. The lowest BCUT2D eigenvalue weighted by Gasteiger charge is -2.02. The molecule has 3 aromatic heterocycles. The van der Waals surface area contributed by atoms with E-state index in [4.69, 9.17) is 10.5 Å². The van der Waals surface area contributed by atoms with Crippen LogP contribution in [0.2, 0.25) is 0 Å². The minimum Gasteiger partial charge on any atom is -0.461 e. The predicted molar refractivity (Wildman–Crippen MR) is 177 cm³/mol. The van der Waals surface area contributed by atoms with Crippen LogP contribution in [0.3, 0.4) is 0 Å². The maximum atomic E-state index is 12.9. The van der Waals surface area contributed by atoms with Crippen LogP contribution in [0.5, 0.6) is 0 Å². The van der Waals surface area contributed by atoms with E-state index < -0.39 is 23.7 Å². The number of carbonyl (C=O) groups is 3. The molecule has 5 aromatic rings. The predicted octanol–water partition coefficient (Wildman–Crippen LogP) is 6.66. The number of nitrogens with zero attached hydrogens (tertiary/aromatic N) is 4. The van der Waals surface area contributed by atoms with E-state index >= 15 is 0 Å². The zero-order valence-corrected chi connectivity index (χ0v) is 28.1. The Morgan fingerprint density at radius 2 is 1.51 bits per heavy atom. The van der Waals surface area contributed by atoms with Crippen molar-refractivity contribution in [3.05, 3.63) is 117 Å². The molecular formula is C31H29Br2ClFN5O5. The molecule has 45 heavy (non-hydrogen) atoms. The Hall–Kier alpha value is -4.04. The second-order valence-electron chi connectivity index (χ2n) is 8.56. The molecule has 2 aromatic carbocycles. The molecule has 0 aliphatic heterocycles. The first-order chi connectivity index (χ1) is 21.2. The van der Waals surface area contributed by atoms with Crippen LogP contribution < -0.4 is 5.73 Å². The van der Waals surface area contributed by atoms with Gasteiger partial charge in [0.25, 0.3) is 5.78 Å². The number of hydrogen-bond donors (Lipinski definition) is 1. The summed E-state index contributed by atoms with van der Waals surface area (Å²) in [5.74, 6) is -3.49. The van der Waals surface area contributed by atoms with Crippen LogP contribution in [-0.2, 0) is 20.8 Å². The molecule has 0 saturated heterocycles. The maximum Gasteiger partial charge on any atom is 0.379 e. The summed E-state index contributed by atoms with van der Waals surface area (Å²) in [4.78, 5) is 41.7. The monoisotopic (exact) mass is 763 g/mol. The quantitative estimate of drug-likeness (QED) is 0.0835. The van der Waals surface area contributed by atoms with Gasteiger partial charge in [-0.1, -0.05) is 50.1 Å². The normalized spacial score (nSPS) is 9.91. The summed E-state index contributed by atoms with van der Waals surface area (Å²) in [5.41, 5.74) is 7.91. The topological polar surface area (TPSA) is 139 Å². The van der Waals surface area contributed by atoms with Crippen LogP contribution in [0.15, 0.2) is 94.1 Å². The lowest BCUT2D eigenvalue weighted by molar-refractivity contribution is -0.137. The Labute approximate surface area is 281 Å². The molecule has 5 rings (SSSR count). The highest BCUT2D eigenvalue weighted by atomic mass is 79.9. The third kappa shape index (κ3) is 10.5. The zero-order chi connectivity index (χ0) is 32.1. The number of pyridine rings is 2. The largest absolute Gasteiger partial charge is 0.461 e. The van der Waals surface area contributed by atoms with Gasteiger partial charge in [-0.05, 0) is 74.0 Å². The first kappa shape index (κ1) is 37.1. The van der Waals surface area contributed by atoms with Crippen molar-refractivity contribution in [3.8, 4) is 5.69 Å². The van der Waals surface area contributed by atoms with E-state index in [1.54, 1.807) is 30.8 Å². The molecule has 2 N–H and O–H groups in total. The molecule has 14 heteroatoms. The average Bonchev–Trinajstić information content (AvgIpc) is 3.42. The highest BCUT2D eigenvalue weighted by Gasteiger charge is 2.21. The molecule has 0 aliphatic rings. The molecule has 0 unspecified atom stereocenters. The summed E-state index contributed by atoms with van der Waals surface area (Å²) in [6.07, 6.45) is 2.87. The van der Waals surface area contributed by atoms with Gasteiger partial charge in [-0.2, -0.15) is 9.49 Å². The summed E-state index contributed by atoms with van der Waals surface area (Å²) < 4.78 is 26.0. The SMILES string of the molecule is CCOC(=O)C(=O)c1cccnc1F.CCOC(=O)c1nn(-c2cccc(Br)c2)c2ncccc12.Cl.NCc1cccc(Br)c1. The number of esters is 2. The fourth-order valence-corrected chi connectivity index (χ4v) is 4.45. The third-order valence-electron chi connectivity index (χ3n) is 5.55. The first-order valence-corrected chi connectivity index (χ1v) is 14.8. The van der Waals surface area contributed by atoms with Crippen molar-refractivity contribution in [1.29, 1.82) is 0 Å². The first-order valence-electron chi connectivity index (χ1n) is 13.2. The Morgan fingerprint density at radius 1 is 0.867 bits per heavy atom. The molecule has 0 saturated carbocycles. The fraction of sp³-hybridized carbons (Fsp3) is 0.161. The number of aromatic nitrogens is 4. The van der Waals surface area contributed by atoms with Gasteiger partial charge in [0.15, 0.2) is 11.3 Å². The van der Waals surface area contributed by atoms with Crippen molar-refractivity contribution in [2.24, 2.45) is 5.73 Å². The Bertz CT molecular complexity index is 1750. The lowest BCUT2D eigenvalue weighted by Crippen LogP contribution is -2.19. The summed E-state index contributed by atoms with van der Waals surface area (Å²) in [6.45, 7) is 4.32. The molecule has 0 spiro atoms.